The molecule has 0 N–H and O–H groups in total. The van der Waals surface area contributed by atoms with Crippen molar-refractivity contribution in [1.82, 2.24) is 0 Å². The average molecular weight is 336 g/mol. The van der Waals surface area contributed by atoms with Crippen LogP contribution >= 0.6 is 0 Å². The van der Waals surface area contributed by atoms with Gasteiger partial charge in [0.25, 0.3) is 0 Å². The van der Waals surface area contributed by atoms with Crippen LogP contribution in [0.25, 0.3) is 0 Å². The number of hydrogen-bond donors (Lipinski definition) is 0. The zero-order chi connectivity index (χ0) is 19.3. The van der Waals surface area contributed by atoms with E-state index in [2.05, 4.69) is 6.58 Å². The van der Waals surface area contributed by atoms with E-state index in [4.69, 9.17) is 9.47 Å². The highest BCUT2D eigenvalue weighted by atomic mass is 16.6. The van der Waals surface area contributed by atoms with Gasteiger partial charge in [-0.05, 0) is 49.9 Å². The molecule has 0 bridgehead atoms. The Morgan fingerprint density at radius 1 is 0.917 bits per heavy atom. The molecule has 1 aromatic carbocycles. The summed E-state index contributed by atoms with van der Waals surface area (Å²) in [4.78, 5) is 22.9. The Balaban J connectivity index is 0. The van der Waals surface area contributed by atoms with Crippen LogP contribution in [0.2, 0.25) is 0 Å². The van der Waals surface area contributed by atoms with Crippen molar-refractivity contribution in [3.63, 3.8) is 0 Å². The zero-order valence-corrected chi connectivity index (χ0v) is 16.4. The van der Waals surface area contributed by atoms with Gasteiger partial charge in [0.1, 0.15) is 13.2 Å². The predicted octanol–water partition coefficient (Wildman–Crippen LogP) is 4.86. The molecule has 1 aromatic rings. The molecule has 0 heterocycles. The topological polar surface area (TPSA) is 52.6 Å². The molecular formula is C20H32O4. The van der Waals surface area contributed by atoms with Gasteiger partial charge in [0.05, 0.1) is 5.56 Å². The molecule has 0 atom stereocenters. The zero-order valence-electron chi connectivity index (χ0n) is 16.4. The van der Waals surface area contributed by atoms with Crippen LogP contribution in [0.5, 0.6) is 0 Å². The van der Waals surface area contributed by atoms with Crippen LogP contribution in [-0.2, 0) is 14.3 Å². The fraction of sp³-hybridized carbons (Fsp3) is 0.500. The minimum absolute atomic E-state index is 0.0273. The van der Waals surface area contributed by atoms with Crippen molar-refractivity contribution in [3.8, 4) is 0 Å². The average Bonchev–Trinajstić information content (AvgIpc) is 2.60. The van der Waals surface area contributed by atoms with E-state index in [-0.39, 0.29) is 13.2 Å². The molecule has 0 amide bonds. The van der Waals surface area contributed by atoms with Crippen molar-refractivity contribution >= 4 is 11.9 Å². The number of hydrogen-bond acceptors (Lipinski definition) is 4. The van der Waals surface area contributed by atoms with E-state index in [1.165, 1.54) is 0 Å². The molecule has 0 aliphatic rings. The number of ether oxygens (including phenoxy) is 2. The van der Waals surface area contributed by atoms with E-state index >= 15 is 0 Å². The summed E-state index contributed by atoms with van der Waals surface area (Å²) in [6.45, 7) is 19.1. The molecule has 24 heavy (non-hydrogen) atoms. The van der Waals surface area contributed by atoms with Crippen molar-refractivity contribution in [2.75, 3.05) is 13.2 Å². The Bertz CT molecular complexity index is 545. The first-order valence-corrected chi connectivity index (χ1v) is 8.42. The van der Waals surface area contributed by atoms with Crippen LogP contribution in [0.4, 0.5) is 0 Å². The quantitative estimate of drug-likeness (QED) is 0.438. The lowest BCUT2D eigenvalue weighted by Crippen LogP contribution is -2.15. The number of carbonyl (C=O) groups is 2. The summed E-state index contributed by atoms with van der Waals surface area (Å²) in [5, 5.41) is 0. The van der Waals surface area contributed by atoms with Crippen LogP contribution in [0, 0.1) is 27.7 Å². The van der Waals surface area contributed by atoms with E-state index in [9.17, 15) is 9.59 Å². The van der Waals surface area contributed by atoms with Crippen molar-refractivity contribution in [3.05, 3.63) is 46.5 Å². The second-order valence-electron chi connectivity index (χ2n) is 4.64. The lowest BCUT2D eigenvalue weighted by Gasteiger charge is -2.14. The van der Waals surface area contributed by atoms with Gasteiger partial charge in [-0.1, -0.05) is 40.3 Å². The van der Waals surface area contributed by atoms with E-state index < -0.39 is 11.9 Å². The van der Waals surface area contributed by atoms with Crippen LogP contribution in [-0.4, -0.2) is 25.2 Å². The molecule has 4 heteroatoms. The van der Waals surface area contributed by atoms with Crippen LogP contribution in [0.3, 0.4) is 0 Å². The Morgan fingerprint density at radius 3 is 1.92 bits per heavy atom. The molecular weight excluding hydrogens is 304 g/mol. The minimum Gasteiger partial charge on any atom is -0.459 e. The van der Waals surface area contributed by atoms with E-state index in [1.54, 1.807) is 0 Å². The van der Waals surface area contributed by atoms with E-state index in [0.717, 1.165) is 28.3 Å². The van der Waals surface area contributed by atoms with Crippen LogP contribution in [0.1, 0.15) is 60.3 Å². The van der Waals surface area contributed by atoms with Gasteiger partial charge in [0.15, 0.2) is 0 Å². The summed E-state index contributed by atoms with van der Waals surface area (Å²) in [5.41, 5.74) is 4.63. The lowest BCUT2D eigenvalue weighted by atomic mass is 9.94. The van der Waals surface area contributed by atoms with Crippen molar-refractivity contribution in [2.45, 2.75) is 55.4 Å². The molecule has 0 radical (unpaired) electrons. The van der Waals surface area contributed by atoms with E-state index in [0.29, 0.717) is 5.56 Å². The summed E-state index contributed by atoms with van der Waals surface area (Å²) in [6.07, 6.45) is 1.07. The first-order valence-electron chi connectivity index (χ1n) is 8.42. The number of aryl methyl sites for hydroxylation is 2. The highest BCUT2D eigenvalue weighted by molar-refractivity contribution is 5.93. The summed E-state index contributed by atoms with van der Waals surface area (Å²) in [7, 11) is 0. The SMILES string of the molecule is C=CC(=O)OCCOC(=O)c1c(C)cc(C)c(C)c1C.CC.CC. The number of esters is 2. The van der Waals surface area contributed by atoms with Gasteiger partial charge in [-0.25, -0.2) is 9.59 Å². The molecule has 4 nitrogen and oxygen atoms in total. The fourth-order valence-corrected chi connectivity index (χ4v) is 2.01. The van der Waals surface area contributed by atoms with E-state index in [1.807, 2.05) is 61.5 Å². The maximum Gasteiger partial charge on any atom is 0.338 e. The van der Waals surface area contributed by atoms with Crippen molar-refractivity contribution < 1.29 is 19.1 Å². The summed E-state index contributed by atoms with van der Waals surface area (Å²) < 4.78 is 9.88. The second kappa shape index (κ2) is 13.3. The molecule has 136 valence electrons. The van der Waals surface area contributed by atoms with Gasteiger partial charge in [-0.2, -0.15) is 0 Å². The Kier molecular flexibility index (Phi) is 13.4. The summed E-state index contributed by atoms with van der Waals surface area (Å²) in [6, 6.07) is 1.97. The standard InChI is InChI=1S/C16H20O4.2C2H6/c1-6-14(17)19-7-8-20-16(18)15-11(3)9-10(2)12(4)13(15)5;2*1-2/h6,9H,1,7-8H2,2-5H3;2*1-2H3. The largest absolute Gasteiger partial charge is 0.459 e. The summed E-state index contributed by atoms with van der Waals surface area (Å²) in [5.74, 6) is -0.919. The molecule has 0 fully saturated rings. The van der Waals surface area contributed by atoms with Gasteiger partial charge in [-0.3, -0.25) is 0 Å². The third-order valence-electron chi connectivity index (χ3n) is 3.29. The molecule has 0 aromatic heterocycles. The Morgan fingerprint density at radius 2 is 1.42 bits per heavy atom. The highest BCUT2D eigenvalue weighted by Crippen LogP contribution is 2.22. The minimum atomic E-state index is -0.528. The van der Waals surface area contributed by atoms with Crippen LogP contribution < -0.4 is 0 Å². The third-order valence-corrected chi connectivity index (χ3v) is 3.29. The van der Waals surface area contributed by atoms with Crippen molar-refractivity contribution in [2.24, 2.45) is 0 Å². The van der Waals surface area contributed by atoms with Gasteiger partial charge in [0.2, 0.25) is 0 Å². The fourth-order valence-electron chi connectivity index (χ4n) is 2.01. The summed E-state index contributed by atoms with van der Waals surface area (Å²) >= 11 is 0. The van der Waals surface area contributed by atoms with Crippen LogP contribution in [0.15, 0.2) is 18.7 Å². The first kappa shape index (κ1) is 24.2. The molecule has 0 saturated heterocycles. The Labute approximate surface area is 146 Å². The molecule has 0 spiro atoms. The lowest BCUT2D eigenvalue weighted by molar-refractivity contribution is -0.138. The molecule has 0 saturated carbocycles. The van der Waals surface area contributed by atoms with Gasteiger partial charge < -0.3 is 9.47 Å². The molecule has 0 aliphatic carbocycles. The normalized spacial score (nSPS) is 8.83. The van der Waals surface area contributed by atoms with Gasteiger partial charge >= 0.3 is 11.9 Å². The number of carbonyl (C=O) groups excluding carboxylic acids is 2. The monoisotopic (exact) mass is 336 g/mol. The molecule has 1 rings (SSSR count). The smallest absolute Gasteiger partial charge is 0.338 e. The number of rotatable bonds is 5. The Hall–Kier alpha value is -2.10. The van der Waals surface area contributed by atoms with Crippen molar-refractivity contribution in [1.29, 1.82) is 0 Å². The predicted molar refractivity (Wildman–Crippen MR) is 99.5 cm³/mol. The first-order chi connectivity index (χ1) is 11.4. The highest BCUT2D eigenvalue weighted by Gasteiger charge is 2.16. The maximum absolute atomic E-state index is 12.1. The molecule has 0 aliphatic heterocycles. The van der Waals surface area contributed by atoms with Gasteiger partial charge in [-0.15, -0.1) is 0 Å². The van der Waals surface area contributed by atoms with Gasteiger partial charge in [0, 0.05) is 6.08 Å². The molecule has 0 unspecified atom stereocenters. The third kappa shape index (κ3) is 7.44. The second-order valence-corrected chi connectivity index (χ2v) is 4.64. The maximum atomic E-state index is 12.1. The number of benzene rings is 1.